The molecule has 1 aromatic carbocycles. The Bertz CT molecular complexity index is 473. The first-order valence-corrected chi connectivity index (χ1v) is 7.35. The zero-order valence-electron chi connectivity index (χ0n) is 13.1. The third kappa shape index (κ3) is 4.19. The van der Waals surface area contributed by atoms with E-state index in [-0.39, 0.29) is 12.5 Å². The summed E-state index contributed by atoms with van der Waals surface area (Å²) in [6.07, 6.45) is 0. The maximum absolute atomic E-state index is 12.1. The summed E-state index contributed by atoms with van der Waals surface area (Å²) in [5, 5.41) is 3.14. The van der Waals surface area contributed by atoms with Crippen molar-refractivity contribution in [1.82, 2.24) is 10.2 Å². The van der Waals surface area contributed by atoms with Gasteiger partial charge >= 0.3 is 0 Å². The van der Waals surface area contributed by atoms with Crippen LogP contribution in [0.1, 0.15) is 16.7 Å². The van der Waals surface area contributed by atoms with E-state index in [0.29, 0.717) is 26.3 Å². The van der Waals surface area contributed by atoms with Gasteiger partial charge in [-0.1, -0.05) is 12.1 Å². The molecule has 0 bridgehead atoms. The molecule has 21 heavy (non-hydrogen) atoms. The summed E-state index contributed by atoms with van der Waals surface area (Å²) in [5.41, 5.74) is 3.35. The fraction of sp³-hybridized carbons (Fsp3) is 0.562. The molecular weight excluding hydrogens is 268 g/mol. The monoisotopic (exact) mass is 292 g/mol. The molecule has 0 atom stereocenters. The van der Waals surface area contributed by atoms with Crippen LogP contribution in [0.3, 0.4) is 0 Å². The number of hydrogen-bond donors (Lipinski definition) is 1. The predicted molar refractivity (Wildman–Crippen MR) is 81.6 cm³/mol. The lowest BCUT2D eigenvalue weighted by Gasteiger charge is -2.27. The average Bonchev–Trinajstić information content (AvgIpc) is 2.47. The highest BCUT2D eigenvalue weighted by Gasteiger charge is 2.18. The molecule has 0 saturated carbocycles. The van der Waals surface area contributed by atoms with Crippen LogP contribution < -0.4 is 10.1 Å². The van der Waals surface area contributed by atoms with Gasteiger partial charge in [0.2, 0.25) is 0 Å². The van der Waals surface area contributed by atoms with Crippen LogP contribution in [-0.2, 0) is 16.1 Å². The molecule has 0 aliphatic carbocycles. The van der Waals surface area contributed by atoms with E-state index in [4.69, 9.17) is 9.47 Å². The van der Waals surface area contributed by atoms with Gasteiger partial charge in [0.05, 0.1) is 13.2 Å². The summed E-state index contributed by atoms with van der Waals surface area (Å²) >= 11 is 0. The zero-order valence-corrected chi connectivity index (χ0v) is 13.1. The highest BCUT2D eigenvalue weighted by molar-refractivity contribution is 5.78. The van der Waals surface area contributed by atoms with Crippen LogP contribution in [0, 0.1) is 13.8 Å². The molecule has 2 rings (SSSR count). The van der Waals surface area contributed by atoms with Crippen molar-refractivity contribution in [1.29, 1.82) is 0 Å². The molecule has 0 unspecified atom stereocenters. The van der Waals surface area contributed by atoms with Gasteiger partial charge in [0.25, 0.3) is 5.91 Å². The molecule has 1 saturated heterocycles. The van der Waals surface area contributed by atoms with E-state index in [1.165, 1.54) is 5.56 Å². The van der Waals surface area contributed by atoms with Crippen LogP contribution >= 0.6 is 0 Å². The van der Waals surface area contributed by atoms with Crippen LogP contribution in [-0.4, -0.2) is 50.8 Å². The predicted octanol–water partition coefficient (Wildman–Crippen LogP) is 1.26. The second-order valence-corrected chi connectivity index (χ2v) is 5.37. The summed E-state index contributed by atoms with van der Waals surface area (Å²) in [6.45, 7) is 7.48. The molecule has 1 amide bonds. The van der Waals surface area contributed by atoms with E-state index >= 15 is 0 Å². The summed E-state index contributed by atoms with van der Waals surface area (Å²) < 4.78 is 11.0. The fourth-order valence-electron chi connectivity index (χ4n) is 2.61. The van der Waals surface area contributed by atoms with Gasteiger partial charge < -0.3 is 19.7 Å². The molecule has 116 valence electrons. The maximum Gasteiger partial charge on any atom is 0.260 e. The summed E-state index contributed by atoms with van der Waals surface area (Å²) in [7, 11) is 1.93. The molecule has 1 aromatic rings. The Balaban J connectivity index is 1.97. The second-order valence-electron chi connectivity index (χ2n) is 5.37. The van der Waals surface area contributed by atoms with Crippen molar-refractivity contribution in [3.63, 3.8) is 0 Å². The Morgan fingerprint density at radius 3 is 2.48 bits per heavy atom. The fourth-order valence-corrected chi connectivity index (χ4v) is 2.61. The third-order valence-corrected chi connectivity index (χ3v) is 3.60. The van der Waals surface area contributed by atoms with Crippen molar-refractivity contribution in [3.8, 4) is 5.75 Å². The number of carbonyl (C=O) groups excluding carboxylic acids is 1. The minimum Gasteiger partial charge on any atom is -0.483 e. The molecule has 1 fully saturated rings. The topological polar surface area (TPSA) is 50.8 Å². The lowest BCUT2D eigenvalue weighted by Crippen LogP contribution is -2.43. The van der Waals surface area contributed by atoms with Gasteiger partial charge in [-0.25, -0.2) is 0 Å². The van der Waals surface area contributed by atoms with Crippen molar-refractivity contribution in [2.45, 2.75) is 20.4 Å². The molecule has 5 heteroatoms. The molecule has 0 radical (unpaired) electrons. The number of hydrogen-bond acceptors (Lipinski definition) is 4. The zero-order chi connectivity index (χ0) is 15.2. The highest BCUT2D eigenvalue weighted by Crippen LogP contribution is 2.25. The van der Waals surface area contributed by atoms with Gasteiger partial charge in [-0.2, -0.15) is 0 Å². The molecule has 5 nitrogen and oxygen atoms in total. The number of rotatable bonds is 5. The van der Waals surface area contributed by atoms with Gasteiger partial charge in [0.15, 0.2) is 6.61 Å². The molecule has 0 spiro atoms. The van der Waals surface area contributed by atoms with Gasteiger partial charge in [-0.15, -0.1) is 0 Å². The average molecular weight is 292 g/mol. The van der Waals surface area contributed by atoms with Crippen molar-refractivity contribution < 1.29 is 14.3 Å². The Morgan fingerprint density at radius 2 is 1.90 bits per heavy atom. The van der Waals surface area contributed by atoms with Crippen LogP contribution in [0.25, 0.3) is 0 Å². The lowest BCUT2D eigenvalue weighted by atomic mass is 10.1. The summed E-state index contributed by atoms with van der Waals surface area (Å²) in [4.78, 5) is 13.9. The van der Waals surface area contributed by atoms with Gasteiger partial charge in [-0.05, 0) is 37.6 Å². The first-order chi connectivity index (χ1) is 10.1. The number of carbonyl (C=O) groups is 1. The number of nitrogens with one attached hydrogen (secondary N) is 1. The Labute approximate surface area is 126 Å². The first kappa shape index (κ1) is 15.8. The molecule has 1 aliphatic rings. The van der Waals surface area contributed by atoms with Crippen molar-refractivity contribution in [2.75, 3.05) is 40.0 Å². The van der Waals surface area contributed by atoms with E-state index in [2.05, 4.69) is 17.4 Å². The van der Waals surface area contributed by atoms with Crippen LogP contribution in [0.5, 0.6) is 5.75 Å². The van der Waals surface area contributed by atoms with E-state index in [9.17, 15) is 4.79 Å². The number of benzene rings is 1. The van der Waals surface area contributed by atoms with E-state index < -0.39 is 0 Å². The Morgan fingerprint density at radius 1 is 1.29 bits per heavy atom. The number of amides is 1. The van der Waals surface area contributed by atoms with Gasteiger partial charge in [-0.3, -0.25) is 4.79 Å². The molecule has 1 heterocycles. The first-order valence-electron chi connectivity index (χ1n) is 7.35. The highest BCUT2D eigenvalue weighted by atomic mass is 16.5. The number of nitrogens with zero attached hydrogens (tertiary/aromatic N) is 1. The molecule has 0 aromatic heterocycles. The quantitative estimate of drug-likeness (QED) is 0.888. The minimum atomic E-state index is 0.0244. The van der Waals surface area contributed by atoms with Gasteiger partial charge in [0.1, 0.15) is 5.75 Å². The maximum atomic E-state index is 12.1. The normalized spacial score (nSPS) is 15.1. The van der Waals surface area contributed by atoms with Crippen LogP contribution in [0.15, 0.2) is 12.1 Å². The molecule has 1 aliphatic heterocycles. The number of morpholine rings is 1. The smallest absolute Gasteiger partial charge is 0.260 e. The summed E-state index contributed by atoms with van der Waals surface area (Å²) in [6, 6.07) is 4.19. The molecular formula is C16H24N2O3. The molecule has 1 N–H and O–H groups in total. The van der Waals surface area contributed by atoms with E-state index in [1.54, 1.807) is 4.90 Å². The van der Waals surface area contributed by atoms with E-state index in [1.807, 2.05) is 20.9 Å². The Kier molecular flexibility index (Phi) is 5.59. The van der Waals surface area contributed by atoms with Crippen LogP contribution in [0.4, 0.5) is 0 Å². The van der Waals surface area contributed by atoms with Crippen molar-refractivity contribution >= 4 is 5.91 Å². The number of aryl methyl sites for hydroxylation is 2. The lowest BCUT2D eigenvalue weighted by molar-refractivity contribution is -0.137. The Hall–Kier alpha value is -1.59. The minimum absolute atomic E-state index is 0.0244. The van der Waals surface area contributed by atoms with Crippen LogP contribution in [0.2, 0.25) is 0 Å². The van der Waals surface area contributed by atoms with E-state index in [0.717, 1.165) is 23.4 Å². The number of ether oxygens (including phenoxy) is 2. The van der Waals surface area contributed by atoms with Crippen molar-refractivity contribution in [2.24, 2.45) is 0 Å². The SMILES string of the molecule is CNCc1cc(C)c(OCC(=O)N2CCOCC2)c(C)c1. The second kappa shape index (κ2) is 7.43. The van der Waals surface area contributed by atoms with Crippen molar-refractivity contribution in [3.05, 3.63) is 28.8 Å². The van der Waals surface area contributed by atoms with Gasteiger partial charge in [0, 0.05) is 19.6 Å². The summed E-state index contributed by atoms with van der Waals surface area (Å²) in [5.74, 6) is 0.841. The standard InChI is InChI=1S/C16H24N2O3/c1-12-8-14(10-17-3)9-13(2)16(12)21-11-15(19)18-4-6-20-7-5-18/h8-9,17H,4-7,10-11H2,1-3H3. The third-order valence-electron chi connectivity index (χ3n) is 3.60. The largest absolute Gasteiger partial charge is 0.483 e.